The van der Waals surface area contributed by atoms with E-state index in [9.17, 15) is 4.79 Å². The maximum absolute atomic E-state index is 11.9. The number of aromatic amines is 1. The van der Waals surface area contributed by atoms with Crippen molar-refractivity contribution in [3.63, 3.8) is 0 Å². The van der Waals surface area contributed by atoms with E-state index in [0.717, 1.165) is 42.3 Å². The summed E-state index contributed by atoms with van der Waals surface area (Å²) >= 11 is 0. The van der Waals surface area contributed by atoms with Crippen molar-refractivity contribution in [2.45, 2.75) is 37.9 Å². The molecular formula is C19H23N5O3. The molecule has 4 rings (SSSR count). The molecule has 3 N–H and O–H groups in total. The number of H-pyrrole nitrogens is 1. The van der Waals surface area contributed by atoms with Crippen molar-refractivity contribution >= 4 is 17.7 Å². The van der Waals surface area contributed by atoms with E-state index >= 15 is 0 Å². The fourth-order valence-corrected chi connectivity index (χ4v) is 3.42. The van der Waals surface area contributed by atoms with Crippen LogP contribution >= 0.6 is 0 Å². The number of hydrogen-bond acceptors (Lipinski definition) is 6. The van der Waals surface area contributed by atoms with Crippen LogP contribution in [0.1, 0.15) is 36.6 Å². The highest BCUT2D eigenvalue weighted by Gasteiger charge is 2.29. The molecule has 0 saturated heterocycles. The first-order valence-corrected chi connectivity index (χ1v) is 9.22. The van der Waals surface area contributed by atoms with Crippen LogP contribution in [0.2, 0.25) is 0 Å². The highest BCUT2D eigenvalue weighted by Crippen LogP contribution is 2.36. The van der Waals surface area contributed by atoms with Gasteiger partial charge in [-0.15, -0.1) is 0 Å². The predicted octanol–water partition coefficient (Wildman–Crippen LogP) is 3.00. The van der Waals surface area contributed by atoms with E-state index in [1.54, 1.807) is 0 Å². The molecule has 2 aromatic heterocycles. The van der Waals surface area contributed by atoms with Crippen LogP contribution in [-0.2, 0) is 16.1 Å². The Hall–Kier alpha value is -2.87. The highest BCUT2D eigenvalue weighted by atomic mass is 16.6. The lowest BCUT2D eigenvalue weighted by atomic mass is 10.0. The molecular weight excluding hydrogens is 346 g/mol. The summed E-state index contributed by atoms with van der Waals surface area (Å²) in [5, 5.41) is 13.4. The molecule has 0 spiro atoms. The lowest BCUT2D eigenvalue weighted by Gasteiger charge is -2.12. The van der Waals surface area contributed by atoms with Gasteiger partial charge in [0.15, 0.2) is 5.82 Å². The van der Waals surface area contributed by atoms with E-state index < -0.39 is 0 Å². The Bertz CT molecular complexity index is 819. The fourth-order valence-electron chi connectivity index (χ4n) is 3.42. The molecule has 2 atom stereocenters. The minimum absolute atomic E-state index is 0.0672. The van der Waals surface area contributed by atoms with Crippen molar-refractivity contribution in [1.82, 2.24) is 20.5 Å². The van der Waals surface area contributed by atoms with Gasteiger partial charge in [-0.2, -0.15) is 5.10 Å². The summed E-state index contributed by atoms with van der Waals surface area (Å²) in [6.45, 7) is 1.27. The van der Waals surface area contributed by atoms with Gasteiger partial charge in [-0.3, -0.25) is 5.10 Å². The highest BCUT2D eigenvalue weighted by molar-refractivity contribution is 5.67. The van der Waals surface area contributed by atoms with Gasteiger partial charge < -0.3 is 20.1 Å². The van der Waals surface area contributed by atoms with Crippen LogP contribution in [0.15, 0.2) is 36.4 Å². The van der Waals surface area contributed by atoms with Crippen LogP contribution in [0.25, 0.3) is 0 Å². The molecule has 27 heavy (non-hydrogen) atoms. The number of carbonyl (C=O) groups is 1. The SMILES string of the molecule is O=C1NC/C=C/COCc2cccc(n2)Nc2cc([nH]n2)C2CC[C@H](C2)O1. The van der Waals surface area contributed by atoms with Crippen LogP contribution in [0.4, 0.5) is 16.4 Å². The van der Waals surface area contributed by atoms with Crippen molar-refractivity contribution in [2.75, 3.05) is 18.5 Å². The number of ether oxygens (including phenoxy) is 2. The zero-order chi connectivity index (χ0) is 18.5. The molecule has 1 amide bonds. The Kier molecular flexibility index (Phi) is 5.34. The second-order valence-electron chi connectivity index (χ2n) is 6.75. The van der Waals surface area contributed by atoms with Gasteiger partial charge in [-0.25, -0.2) is 9.78 Å². The van der Waals surface area contributed by atoms with Gasteiger partial charge in [-0.05, 0) is 31.4 Å². The van der Waals surface area contributed by atoms with Gasteiger partial charge in [0, 0.05) is 24.2 Å². The number of carbonyl (C=O) groups excluding carboxylic acids is 1. The molecule has 8 heteroatoms. The molecule has 1 unspecified atom stereocenters. The van der Waals surface area contributed by atoms with Crippen molar-refractivity contribution in [3.8, 4) is 0 Å². The molecule has 1 aliphatic heterocycles. The Morgan fingerprint density at radius 1 is 1.15 bits per heavy atom. The largest absolute Gasteiger partial charge is 0.446 e. The van der Waals surface area contributed by atoms with Crippen molar-refractivity contribution in [2.24, 2.45) is 0 Å². The van der Waals surface area contributed by atoms with Gasteiger partial charge >= 0.3 is 6.09 Å². The minimum Gasteiger partial charge on any atom is -0.446 e. The maximum Gasteiger partial charge on any atom is 0.407 e. The van der Waals surface area contributed by atoms with Crippen LogP contribution in [0.3, 0.4) is 0 Å². The number of alkyl carbamates (subject to hydrolysis) is 1. The van der Waals surface area contributed by atoms with Gasteiger partial charge in [0.05, 0.1) is 18.9 Å². The Morgan fingerprint density at radius 3 is 3.07 bits per heavy atom. The first-order chi connectivity index (χ1) is 13.3. The van der Waals surface area contributed by atoms with E-state index in [4.69, 9.17) is 9.47 Å². The predicted molar refractivity (Wildman–Crippen MR) is 99.8 cm³/mol. The topological polar surface area (TPSA) is 101 Å². The van der Waals surface area contributed by atoms with Crippen LogP contribution < -0.4 is 10.6 Å². The normalized spacial score (nSPS) is 24.5. The molecule has 1 aliphatic carbocycles. The van der Waals surface area contributed by atoms with E-state index in [-0.39, 0.29) is 12.2 Å². The van der Waals surface area contributed by atoms with E-state index in [0.29, 0.717) is 25.7 Å². The molecule has 0 aromatic carbocycles. The van der Waals surface area contributed by atoms with Crippen LogP contribution in [0.5, 0.6) is 0 Å². The number of anilines is 2. The van der Waals surface area contributed by atoms with Crippen molar-refractivity contribution < 1.29 is 14.3 Å². The third kappa shape index (κ3) is 4.65. The van der Waals surface area contributed by atoms with E-state index in [1.165, 1.54) is 0 Å². The van der Waals surface area contributed by atoms with Crippen molar-refractivity contribution in [1.29, 1.82) is 0 Å². The zero-order valence-corrected chi connectivity index (χ0v) is 15.0. The third-order valence-corrected chi connectivity index (χ3v) is 4.75. The Labute approximate surface area is 157 Å². The molecule has 1 saturated carbocycles. The monoisotopic (exact) mass is 369 g/mol. The van der Waals surface area contributed by atoms with Gasteiger partial charge in [0.25, 0.3) is 0 Å². The summed E-state index contributed by atoms with van der Waals surface area (Å²) in [4.78, 5) is 16.5. The first kappa shape index (κ1) is 17.5. The standard InChI is InChI=1S/C19H23N5O3/c25-19-20-8-1-2-9-26-12-14-4-3-5-17(21-14)22-18-11-16(23-24-18)13-6-7-15(10-13)27-19/h1-5,11,13,15H,6-10,12H2,(H,20,25)(H2,21,22,23,24)/b2-1+/t13?,15-/m1/s1. The number of hydrogen-bond donors (Lipinski definition) is 3. The number of amides is 1. The summed E-state index contributed by atoms with van der Waals surface area (Å²) in [7, 11) is 0. The average molecular weight is 369 g/mol. The summed E-state index contributed by atoms with van der Waals surface area (Å²) in [5.41, 5.74) is 1.88. The van der Waals surface area contributed by atoms with Gasteiger partial charge in [0.1, 0.15) is 11.9 Å². The lowest BCUT2D eigenvalue weighted by Crippen LogP contribution is -2.28. The van der Waals surface area contributed by atoms with Gasteiger partial charge in [-0.1, -0.05) is 18.2 Å². The molecule has 8 nitrogen and oxygen atoms in total. The quantitative estimate of drug-likeness (QED) is 0.617. The number of fused-ring (bicyclic) bond motifs is 7. The number of nitrogens with zero attached hydrogens (tertiary/aromatic N) is 2. The average Bonchev–Trinajstić information content (AvgIpc) is 3.30. The maximum atomic E-state index is 11.9. The summed E-state index contributed by atoms with van der Waals surface area (Å²) in [5.74, 6) is 1.75. The second-order valence-corrected chi connectivity index (χ2v) is 6.75. The molecule has 2 aromatic rings. The molecule has 3 heterocycles. The number of rotatable bonds is 0. The van der Waals surface area contributed by atoms with Crippen molar-refractivity contribution in [3.05, 3.63) is 47.8 Å². The molecule has 2 aliphatic rings. The van der Waals surface area contributed by atoms with Gasteiger partial charge in [0.2, 0.25) is 0 Å². The minimum atomic E-state index is -0.378. The molecule has 0 radical (unpaired) electrons. The Morgan fingerprint density at radius 2 is 2.11 bits per heavy atom. The van der Waals surface area contributed by atoms with E-state index in [2.05, 4.69) is 25.8 Å². The fraction of sp³-hybridized carbons (Fsp3) is 0.421. The summed E-state index contributed by atoms with van der Waals surface area (Å²) < 4.78 is 11.1. The summed E-state index contributed by atoms with van der Waals surface area (Å²) in [6.07, 6.45) is 5.89. The molecule has 1 fully saturated rings. The molecule has 6 bridgehead atoms. The smallest absolute Gasteiger partial charge is 0.407 e. The zero-order valence-electron chi connectivity index (χ0n) is 15.0. The first-order valence-electron chi connectivity index (χ1n) is 9.22. The number of pyridine rings is 1. The number of nitrogens with one attached hydrogen (secondary N) is 3. The molecule has 142 valence electrons. The Balaban J connectivity index is 1.51. The van der Waals surface area contributed by atoms with Crippen LogP contribution in [-0.4, -0.2) is 40.5 Å². The number of aromatic nitrogens is 3. The lowest BCUT2D eigenvalue weighted by molar-refractivity contribution is 0.101. The van der Waals surface area contributed by atoms with Crippen LogP contribution in [0, 0.1) is 0 Å². The summed E-state index contributed by atoms with van der Waals surface area (Å²) in [6, 6.07) is 7.75. The second kappa shape index (κ2) is 8.22. The van der Waals surface area contributed by atoms with E-state index in [1.807, 2.05) is 36.4 Å². The third-order valence-electron chi connectivity index (χ3n) is 4.75.